The molecule has 24 heavy (non-hydrogen) atoms. The van der Waals surface area contributed by atoms with Crippen LogP contribution in [0.2, 0.25) is 0 Å². The van der Waals surface area contributed by atoms with E-state index in [1.165, 1.54) is 0 Å². The molecular formula is C16H17N3O5. The van der Waals surface area contributed by atoms with Gasteiger partial charge in [-0.25, -0.2) is 9.69 Å². The first kappa shape index (κ1) is 16.0. The molecule has 0 aromatic heterocycles. The van der Waals surface area contributed by atoms with Crippen LogP contribution < -0.4 is 15.1 Å². The van der Waals surface area contributed by atoms with Crippen LogP contribution in [-0.4, -0.2) is 42.8 Å². The van der Waals surface area contributed by atoms with Gasteiger partial charge in [-0.15, -0.1) is 0 Å². The van der Waals surface area contributed by atoms with Crippen LogP contribution in [0, 0.1) is 5.92 Å². The molecule has 8 heteroatoms. The molecule has 0 bridgehead atoms. The lowest BCUT2D eigenvalue weighted by molar-refractivity contribution is -0.136. The third-order valence-corrected chi connectivity index (χ3v) is 3.82. The van der Waals surface area contributed by atoms with Crippen LogP contribution in [0.3, 0.4) is 0 Å². The molecule has 1 aromatic carbocycles. The number of hydrogen-bond acceptors (Lipinski definition) is 7. The zero-order chi connectivity index (χ0) is 17.3. The normalized spacial score (nSPS) is 22.1. The third-order valence-electron chi connectivity index (χ3n) is 3.82. The third kappa shape index (κ3) is 2.40. The van der Waals surface area contributed by atoms with Crippen LogP contribution in [0.1, 0.15) is 13.8 Å². The molecule has 0 spiro atoms. The van der Waals surface area contributed by atoms with Gasteiger partial charge in [-0.05, 0) is 26.0 Å². The van der Waals surface area contributed by atoms with Crippen molar-refractivity contribution in [3.63, 3.8) is 0 Å². The fourth-order valence-electron chi connectivity index (χ4n) is 2.82. The average Bonchev–Trinajstić information content (AvgIpc) is 3.10. The standard InChI is InChI=1S/C16H17N3O5/c1-3-23-10-8-6-5-7-9(10)19-14(20)11-12(15(19)21)17-18-13(11)16(22)24-4-2/h5-8,11-12,17H,3-4H2,1-2H3/t11-,12+/m1/s1. The Balaban J connectivity index is 1.94. The van der Waals surface area contributed by atoms with Crippen molar-refractivity contribution in [2.24, 2.45) is 11.0 Å². The number of nitrogens with zero attached hydrogens (tertiary/aromatic N) is 2. The summed E-state index contributed by atoms with van der Waals surface area (Å²) >= 11 is 0. The number of hydrogen-bond donors (Lipinski definition) is 1. The summed E-state index contributed by atoms with van der Waals surface area (Å²) in [7, 11) is 0. The zero-order valence-corrected chi connectivity index (χ0v) is 13.3. The number of amides is 2. The molecule has 8 nitrogen and oxygen atoms in total. The number of carbonyl (C=O) groups excluding carboxylic acids is 3. The molecule has 126 valence electrons. The Bertz CT molecular complexity index is 730. The van der Waals surface area contributed by atoms with Crippen molar-refractivity contribution in [3.8, 4) is 5.75 Å². The summed E-state index contributed by atoms with van der Waals surface area (Å²) in [6.45, 7) is 4.03. The smallest absolute Gasteiger partial charge is 0.355 e. The van der Waals surface area contributed by atoms with Gasteiger partial charge in [0.05, 0.1) is 18.9 Å². The van der Waals surface area contributed by atoms with E-state index in [0.717, 1.165) is 4.90 Å². The molecule has 0 radical (unpaired) electrons. The summed E-state index contributed by atoms with van der Waals surface area (Å²) in [4.78, 5) is 38.4. The molecule has 1 aromatic rings. The summed E-state index contributed by atoms with van der Waals surface area (Å²) in [5.74, 6) is -2.24. The number of ether oxygens (including phenoxy) is 2. The van der Waals surface area contributed by atoms with Crippen LogP contribution in [-0.2, 0) is 19.1 Å². The van der Waals surface area contributed by atoms with E-state index in [-0.39, 0.29) is 12.3 Å². The molecule has 2 aliphatic rings. The number of para-hydroxylation sites is 2. The number of anilines is 1. The monoisotopic (exact) mass is 331 g/mol. The SMILES string of the molecule is CCOC(=O)C1=NN[C@@H]2C(=O)N(c3ccccc3OCC)C(=O)[C@@H]12. The van der Waals surface area contributed by atoms with E-state index in [4.69, 9.17) is 9.47 Å². The van der Waals surface area contributed by atoms with E-state index in [9.17, 15) is 14.4 Å². The fraction of sp³-hybridized carbons (Fsp3) is 0.375. The van der Waals surface area contributed by atoms with Gasteiger partial charge < -0.3 is 9.47 Å². The fourth-order valence-corrected chi connectivity index (χ4v) is 2.82. The van der Waals surface area contributed by atoms with Crippen molar-refractivity contribution >= 4 is 29.2 Å². The van der Waals surface area contributed by atoms with E-state index in [1.54, 1.807) is 31.2 Å². The molecule has 0 unspecified atom stereocenters. The number of esters is 1. The number of hydrazone groups is 1. The molecule has 2 heterocycles. The Hall–Kier alpha value is -2.90. The second-order valence-corrected chi connectivity index (χ2v) is 5.21. The van der Waals surface area contributed by atoms with E-state index >= 15 is 0 Å². The molecule has 0 saturated carbocycles. The Labute approximate surface area is 138 Å². The summed E-state index contributed by atoms with van der Waals surface area (Å²) < 4.78 is 10.4. The first-order valence-electron chi connectivity index (χ1n) is 7.70. The van der Waals surface area contributed by atoms with Gasteiger partial charge in [-0.3, -0.25) is 15.0 Å². The molecule has 2 aliphatic heterocycles. The minimum absolute atomic E-state index is 0.0726. The van der Waals surface area contributed by atoms with E-state index < -0.39 is 29.7 Å². The minimum Gasteiger partial charge on any atom is -0.492 e. The summed E-state index contributed by atoms with van der Waals surface area (Å²) in [5, 5.41) is 3.82. The van der Waals surface area contributed by atoms with Crippen molar-refractivity contribution in [3.05, 3.63) is 24.3 Å². The molecular weight excluding hydrogens is 314 g/mol. The van der Waals surface area contributed by atoms with Crippen molar-refractivity contribution in [1.29, 1.82) is 0 Å². The number of carbonyl (C=O) groups is 3. The van der Waals surface area contributed by atoms with E-state index in [1.807, 2.05) is 6.92 Å². The predicted molar refractivity (Wildman–Crippen MR) is 84.6 cm³/mol. The molecule has 0 aliphatic carbocycles. The quantitative estimate of drug-likeness (QED) is 0.622. The Morgan fingerprint density at radius 2 is 1.96 bits per heavy atom. The van der Waals surface area contributed by atoms with Crippen LogP contribution in [0.15, 0.2) is 29.4 Å². The van der Waals surface area contributed by atoms with Gasteiger partial charge in [0, 0.05) is 0 Å². The lowest BCUT2D eigenvalue weighted by Crippen LogP contribution is -2.36. The first-order valence-corrected chi connectivity index (χ1v) is 7.70. The van der Waals surface area contributed by atoms with Crippen molar-refractivity contribution in [1.82, 2.24) is 5.43 Å². The van der Waals surface area contributed by atoms with Crippen LogP contribution >= 0.6 is 0 Å². The highest BCUT2D eigenvalue weighted by Crippen LogP contribution is 2.36. The van der Waals surface area contributed by atoms with Crippen LogP contribution in [0.4, 0.5) is 5.69 Å². The highest BCUT2D eigenvalue weighted by Gasteiger charge is 2.56. The number of benzene rings is 1. The largest absolute Gasteiger partial charge is 0.492 e. The highest BCUT2D eigenvalue weighted by atomic mass is 16.5. The predicted octanol–water partition coefficient (Wildman–Crippen LogP) is 0.466. The molecule has 1 saturated heterocycles. The van der Waals surface area contributed by atoms with E-state index in [0.29, 0.717) is 18.0 Å². The van der Waals surface area contributed by atoms with Gasteiger partial charge in [0.25, 0.3) is 5.91 Å². The molecule has 2 amide bonds. The zero-order valence-electron chi connectivity index (χ0n) is 13.3. The number of fused-ring (bicyclic) bond motifs is 1. The number of nitrogens with one attached hydrogen (secondary N) is 1. The van der Waals surface area contributed by atoms with Gasteiger partial charge in [0.15, 0.2) is 5.71 Å². The topological polar surface area (TPSA) is 97.3 Å². The maximum atomic E-state index is 12.8. The number of rotatable bonds is 5. The lowest BCUT2D eigenvalue weighted by atomic mass is 9.99. The molecule has 1 fully saturated rings. The van der Waals surface area contributed by atoms with Gasteiger partial charge in [0.1, 0.15) is 17.7 Å². The van der Waals surface area contributed by atoms with Crippen molar-refractivity contribution in [2.75, 3.05) is 18.1 Å². The Morgan fingerprint density at radius 3 is 2.67 bits per heavy atom. The van der Waals surface area contributed by atoms with Crippen LogP contribution in [0.25, 0.3) is 0 Å². The maximum absolute atomic E-state index is 12.8. The minimum atomic E-state index is -0.980. The molecule has 1 N–H and O–H groups in total. The van der Waals surface area contributed by atoms with Gasteiger partial charge in [-0.1, -0.05) is 12.1 Å². The second-order valence-electron chi connectivity index (χ2n) is 5.21. The van der Waals surface area contributed by atoms with Gasteiger partial charge in [0.2, 0.25) is 5.91 Å². The Morgan fingerprint density at radius 1 is 1.21 bits per heavy atom. The second kappa shape index (κ2) is 6.31. The Kier molecular flexibility index (Phi) is 4.20. The number of imide groups is 1. The first-order chi connectivity index (χ1) is 11.6. The van der Waals surface area contributed by atoms with Gasteiger partial charge in [-0.2, -0.15) is 5.10 Å². The summed E-state index contributed by atoms with van der Waals surface area (Å²) in [6, 6.07) is 5.88. The molecule has 2 atom stereocenters. The van der Waals surface area contributed by atoms with E-state index in [2.05, 4.69) is 10.5 Å². The highest BCUT2D eigenvalue weighted by molar-refractivity contribution is 6.46. The lowest BCUT2D eigenvalue weighted by Gasteiger charge is -2.19. The van der Waals surface area contributed by atoms with Gasteiger partial charge >= 0.3 is 5.97 Å². The summed E-state index contributed by atoms with van der Waals surface area (Å²) in [6.07, 6.45) is 0. The van der Waals surface area contributed by atoms with Crippen molar-refractivity contribution < 1.29 is 23.9 Å². The van der Waals surface area contributed by atoms with Crippen molar-refractivity contribution in [2.45, 2.75) is 19.9 Å². The summed E-state index contributed by atoms with van der Waals surface area (Å²) in [5.41, 5.74) is 2.86. The average molecular weight is 331 g/mol. The van der Waals surface area contributed by atoms with Crippen LogP contribution in [0.5, 0.6) is 5.75 Å². The maximum Gasteiger partial charge on any atom is 0.355 e. The molecule has 3 rings (SSSR count).